The van der Waals surface area contributed by atoms with Crippen LogP contribution in [0.1, 0.15) is 24.8 Å². The maximum absolute atomic E-state index is 11.1. The van der Waals surface area contributed by atoms with E-state index in [1.54, 1.807) is 0 Å². The third kappa shape index (κ3) is 3.24. The number of rotatable bonds is 5. The van der Waals surface area contributed by atoms with E-state index in [4.69, 9.17) is 16.7 Å². The molecule has 0 radical (unpaired) electrons. The lowest BCUT2D eigenvalue weighted by molar-refractivity contribution is -0.142. The number of hydrogen-bond acceptors (Lipinski definition) is 2. The van der Waals surface area contributed by atoms with Gasteiger partial charge in [0.05, 0.1) is 5.92 Å². The molecule has 1 fully saturated rings. The van der Waals surface area contributed by atoms with E-state index >= 15 is 0 Å². The molecule has 0 spiro atoms. The molecule has 18 heavy (non-hydrogen) atoms. The van der Waals surface area contributed by atoms with Gasteiger partial charge in [-0.05, 0) is 36.9 Å². The molecule has 2 N–H and O–H groups in total. The Balaban J connectivity index is 1.82. The van der Waals surface area contributed by atoms with Gasteiger partial charge >= 0.3 is 5.97 Å². The quantitative estimate of drug-likeness (QED) is 0.862. The Bertz CT molecular complexity index is 422. The average molecular weight is 268 g/mol. The molecule has 3 nitrogen and oxygen atoms in total. The Morgan fingerprint density at radius 3 is 2.89 bits per heavy atom. The highest BCUT2D eigenvalue weighted by atomic mass is 35.5. The molecule has 0 amide bonds. The molecule has 2 atom stereocenters. The summed E-state index contributed by atoms with van der Waals surface area (Å²) in [5.74, 6) is -0.578. The van der Waals surface area contributed by atoms with E-state index in [0.717, 1.165) is 36.4 Å². The van der Waals surface area contributed by atoms with Gasteiger partial charge in [0.2, 0.25) is 0 Å². The SMILES string of the molecule is O=C(O)C1CCCC1CNCc1ccccc1Cl. The summed E-state index contributed by atoms with van der Waals surface area (Å²) in [5.41, 5.74) is 1.06. The largest absolute Gasteiger partial charge is 0.481 e. The van der Waals surface area contributed by atoms with Crippen molar-refractivity contribution in [3.05, 3.63) is 34.9 Å². The molecule has 0 aliphatic heterocycles. The van der Waals surface area contributed by atoms with Crippen LogP contribution < -0.4 is 5.32 Å². The van der Waals surface area contributed by atoms with Gasteiger partial charge in [-0.15, -0.1) is 0 Å². The number of halogens is 1. The lowest BCUT2D eigenvalue weighted by Gasteiger charge is -2.16. The summed E-state index contributed by atoms with van der Waals surface area (Å²) >= 11 is 6.06. The molecule has 98 valence electrons. The lowest BCUT2D eigenvalue weighted by Crippen LogP contribution is -2.28. The molecule has 1 aromatic carbocycles. The second-order valence-corrected chi connectivity index (χ2v) is 5.27. The van der Waals surface area contributed by atoms with E-state index in [9.17, 15) is 4.79 Å². The molecular formula is C14H18ClNO2. The first-order valence-corrected chi connectivity index (χ1v) is 6.73. The van der Waals surface area contributed by atoms with Crippen molar-refractivity contribution in [3.8, 4) is 0 Å². The maximum Gasteiger partial charge on any atom is 0.306 e. The van der Waals surface area contributed by atoms with E-state index in [1.165, 1.54) is 0 Å². The highest BCUT2D eigenvalue weighted by molar-refractivity contribution is 6.31. The van der Waals surface area contributed by atoms with Crippen LogP contribution in [-0.4, -0.2) is 17.6 Å². The van der Waals surface area contributed by atoms with E-state index in [0.29, 0.717) is 6.54 Å². The van der Waals surface area contributed by atoms with Gasteiger partial charge in [0.25, 0.3) is 0 Å². The number of carboxylic acid groups (broad SMARTS) is 1. The van der Waals surface area contributed by atoms with E-state index in [2.05, 4.69) is 5.32 Å². The first-order valence-electron chi connectivity index (χ1n) is 6.35. The predicted molar refractivity (Wildman–Crippen MR) is 71.6 cm³/mol. The third-order valence-electron chi connectivity index (χ3n) is 3.66. The van der Waals surface area contributed by atoms with Crippen molar-refractivity contribution in [3.63, 3.8) is 0 Å². The molecule has 1 aliphatic carbocycles. The minimum atomic E-state index is -0.656. The van der Waals surface area contributed by atoms with Gasteiger partial charge in [-0.25, -0.2) is 0 Å². The summed E-state index contributed by atoms with van der Waals surface area (Å²) in [7, 11) is 0. The van der Waals surface area contributed by atoms with Gasteiger partial charge in [-0.1, -0.05) is 36.2 Å². The molecular weight excluding hydrogens is 250 g/mol. The zero-order chi connectivity index (χ0) is 13.0. The minimum absolute atomic E-state index is 0.177. The first kappa shape index (κ1) is 13.4. The number of carbonyl (C=O) groups is 1. The zero-order valence-corrected chi connectivity index (χ0v) is 11.0. The van der Waals surface area contributed by atoms with Gasteiger partial charge in [-0.3, -0.25) is 4.79 Å². The number of hydrogen-bond donors (Lipinski definition) is 2. The minimum Gasteiger partial charge on any atom is -0.481 e. The van der Waals surface area contributed by atoms with Crippen LogP contribution in [-0.2, 0) is 11.3 Å². The molecule has 0 aromatic heterocycles. The van der Waals surface area contributed by atoms with E-state index in [-0.39, 0.29) is 11.8 Å². The number of aliphatic carboxylic acids is 1. The predicted octanol–water partition coefficient (Wildman–Crippen LogP) is 2.93. The van der Waals surface area contributed by atoms with Crippen molar-refractivity contribution in [1.29, 1.82) is 0 Å². The van der Waals surface area contributed by atoms with Crippen LogP contribution in [0.4, 0.5) is 0 Å². The number of benzene rings is 1. The van der Waals surface area contributed by atoms with Crippen LogP contribution in [0.2, 0.25) is 5.02 Å². The Labute approximate surface area is 112 Å². The molecule has 1 aliphatic rings. The Morgan fingerprint density at radius 2 is 2.17 bits per heavy atom. The highest BCUT2D eigenvalue weighted by Crippen LogP contribution is 2.31. The van der Waals surface area contributed by atoms with Crippen molar-refractivity contribution in [1.82, 2.24) is 5.32 Å². The van der Waals surface area contributed by atoms with Gasteiger partial charge in [0.1, 0.15) is 0 Å². The first-order chi connectivity index (χ1) is 8.68. The van der Waals surface area contributed by atoms with Crippen molar-refractivity contribution in [2.24, 2.45) is 11.8 Å². The van der Waals surface area contributed by atoms with Crippen LogP contribution in [0, 0.1) is 11.8 Å². The lowest BCUT2D eigenvalue weighted by atomic mass is 9.96. The second kappa shape index (κ2) is 6.21. The summed E-state index contributed by atoms with van der Waals surface area (Å²) in [5, 5.41) is 13.2. The number of carboxylic acids is 1. The highest BCUT2D eigenvalue weighted by Gasteiger charge is 2.32. The normalized spacial score (nSPS) is 23.2. The molecule has 4 heteroatoms. The smallest absolute Gasteiger partial charge is 0.306 e. The molecule has 2 rings (SSSR count). The molecule has 0 heterocycles. The molecule has 0 bridgehead atoms. The molecule has 2 unspecified atom stereocenters. The Kier molecular flexibility index (Phi) is 4.61. The molecule has 1 saturated carbocycles. The van der Waals surface area contributed by atoms with Crippen LogP contribution in [0.3, 0.4) is 0 Å². The van der Waals surface area contributed by atoms with Crippen LogP contribution in [0.5, 0.6) is 0 Å². The van der Waals surface area contributed by atoms with E-state index < -0.39 is 5.97 Å². The summed E-state index contributed by atoms with van der Waals surface area (Å²) in [6.45, 7) is 1.45. The maximum atomic E-state index is 11.1. The fourth-order valence-electron chi connectivity index (χ4n) is 2.64. The summed E-state index contributed by atoms with van der Waals surface area (Å²) in [4.78, 5) is 11.1. The summed E-state index contributed by atoms with van der Waals surface area (Å²) < 4.78 is 0. The van der Waals surface area contributed by atoms with Gasteiger partial charge < -0.3 is 10.4 Å². The van der Waals surface area contributed by atoms with Crippen molar-refractivity contribution in [2.75, 3.05) is 6.54 Å². The third-order valence-corrected chi connectivity index (χ3v) is 4.02. The summed E-state index contributed by atoms with van der Waals surface area (Å²) in [6.07, 6.45) is 2.84. The fraction of sp³-hybridized carbons (Fsp3) is 0.500. The van der Waals surface area contributed by atoms with Crippen molar-refractivity contribution >= 4 is 17.6 Å². The van der Waals surface area contributed by atoms with Gasteiger partial charge in [0, 0.05) is 11.6 Å². The van der Waals surface area contributed by atoms with Crippen LogP contribution in [0.15, 0.2) is 24.3 Å². The van der Waals surface area contributed by atoms with Gasteiger partial charge in [-0.2, -0.15) is 0 Å². The fourth-order valence-corrected chi connectivity index (χ4v) is 2.84. The van der Waals surface area contributed by atoms with E-state index in [1.807, 2.05) is 24.3 Å². The number of nitrogens with one attached hydrogen (secondary N) is 1. The average Bonchev–Trinajstić information content (AvgIpc) is 2.80. The Hall–Kier alpha value is -1.06. The molecule has 1 aromatic rings. The Morgan fingerprint density at radius 1 is 1.39 bits per heavy atom. The van der Waals surface area contributed by atoms with Crippen LogP contribution >= 0.6 is 11.6 Å². The van der Waals surface area contributed by atoms with Gasteiger partial charge in [0.15, 0.2) is 0 Å². The standard InChI is InChI=1S/C14H18ClNO2/c15-13-7-2-1-4-11(13)9-16-8-10-5-3-6-12(10)14(17)18/h1-2,4,7,10,12,16H,3,5-6,8-9H2,(H,17,18). The van der Waals surface area contributed by atoms with Crippen molar-refractivity contribution < 1.29 is 9.90 Å². The van der Waals surface area contributed by atoms with Crippen LogP contribution in [0.25, 0.3) is 0 Å². The molecule has 0 saturated heterocycles. The zero-order valence-electron chi connectivity index (χ0n) is 10.2. The monoisotopic (exact) mass is 267 g/mol. The topological polar surface area (TPSA) is 49.3 Å². The van der Waals surface area contributed by atoms with Crippen molar-refractivity contribution in [2.45, 2.75) is 25.8 Å². The summed E-state index contributed by atoms with van der Waals surface area (Å²) in [6, 6.07) is 7.72. The second-order valence-electron chi connectivity index (χ2n) is 4.86.